The van der Waals surface area contributed by atoms with Gasteiger partial charge in [-0.25, -0.2) is 9.97 Å². The molecule has 5 nitrogen and oxygen atoms in total. The summed E-state index contributed by atoms with van der Waals surface area (Å²) >= 11 is 1.67. The van der Waals surface area contributed by atoms with E-state index >= 15 is 0 Å². The van der Waals surface area contributed by atoms with Crippen LogP contribution in [0, 0.1) is 6.92 Å². The molecule has 6 heteroatoms. The van der Waals surface area contributed by atoms with E-state index < -0.39 is 0 Å². The van der Waals surface area contributed by atoms with Gasteiger partial charge in [-0.15, -0.1) is 11.3 Å². The van der Waals surface area contributed by atoms with Crippen LogP contribution in [0.15, 0.2) is 40.7 Å². The molecule has 0 radical (unpaired) electrons. The number of aromatic nitrogens is 3. The largest absolute Gasteiger partial charge is 0.440 e. The monoisotopic (exact) mass is 356 g/mol. The number of nitrogens with zero attached hydrogens (tertiary/aromatic N) is 4. The van der Waals surface area contributed by atoms with Gasteiger partial charge in [0, 0.05) is 31.5 Å². The van der Waals surface area contributed by atoms with Gasteiger partial charge in [-0.1, -0.05) is 12.5 Å². The standard InChI is InChI=1S/C19H24N4OS/c1-15-17(21-19(24-15)18-6-4-12-25-18)13-23-9-3-2-5-16(23)7-10-22-11-8-20-14-22/h4,6,8,11-12,14,16H,2-3,5,7,9-10,13H2,1H3/t16-/m1/s1. The topological polar surface area (TPSA) is 47.1 Å². The minimum absolute atomic E-state index is 0.609. The molecule has 0 unspecified atom stereocenters. The predicted molar refractivity (Wildman–Crippen MR) is 99.4 cm³/mol. The van der Waals surface area contributed by atoms with Crippen LogP contribution in [0.2, 0.25) is 0 Å². The van der Waals surface area contributed by atoms with Crippen LogP contribution >= 0.6 is 11.3 Å². The molecule has 0 amide bonds. The number of rotatable bonds is 6. The van der Waals surface area contributed by atoms with Crippen molar-refractivity contribution in [2.24, 2.45) is 0 Å². The van der Waals surface area contributed by atoms with Crippen LogP contribution in [-0.2, 0) is 13.1 Å². The molecule has 0 N–H and O–H groups in total. The Morgan fingerprint density at radius 1 is 1.36 bits per heavy atom. The van der Waals surface area contributed by atoms with Gasteiger partial charge in [0.15, 0.2) is 0 Å². The highest BCUT2D eigenvalue weighted by molar-refractivity contribution is 7.13. The van der Waals surface area contributed by atoms with Crippen LogP contribution in [0.3, 0.4) is 0 Å². The third-order valence-electron chi connectivity index (χ3n) is 5.01. The van der Waals surface area contributed by atoms with Crippen molar-refractivity contribution in [3.8, 4) is 10.8 Å². The van der Waals surface area contributed by atoms with E-state index in [9.17, 15) is 0 Å². The van der Waals surface area contributed by atoms with Crippen molar-refractivity contribution in [3.63, 3.8) is 0 Å². The molecule has 132 valence electrons. The van der Waals surface area contributed by atoms with Gasteiger partial charge in [-0.3, -0.25) is 4.90 Å². The fraction of sp³-hybridized carbons (Fsp3) is 0.474. The Morgan fingerprint density at radius 3 is 3.12 bits per heavy atom. The number of oxazole rings is 1. The van der Waals surface area contributed by atoms with Crippen molar-refractivity contribution in [1.82, 2.24) is 19.4 Å². The number of hydrogen-bond acceptors (Lipinski definition) is 5. The lowest BCUT2D eigenvalue weighted by Crippen LogP contribution is -2.39. The Balaban J connectivity index is 1.44. The van der Waals surface area contributed by atoms with Gasteiger partial charge >= 0.3 is 0 Å². The lowest BCUT2D eigenvalue weighted by Gasteiger charge is -2.35. The average molecular weight is 356 g/mol. The van der Waals surface area contributed by atoms with Crippen LogP contribution < -0.4 is 0 Å². The van der Waals surface area contributed by atoms with Gasteiger partial charge in [-0.05, 0) is 44.2 Å². The molecule has 0 saturated carbocycles. The maximum Gasteiger partial charge on any atom is 0.236 e. The van der Waals surface area contributed by atoms with E-state index in [1.165, 1.54) is 19.3 Å². The first kappa shape index (κ1) is 16.5. The summed E-state index contributed by atoms with van der Waals surface area (Å²) in [7, 11) is 0. The molecule has 3 aromatic rings. The van der Waals surface area contributed by atoms with Crippen molar-refractivity contribution < 1.29 is 4.42 Å². The van der Waals surface area contributed by atoms with Gasteiger partial charge in [0.05, 0.1) is 16.9 Å². The van der Waals surface area contributed by atoms with Crippen LogP contribution in [0.25, 0.3) is 10.8 Å². The van der Waals surface area contributed by atoms with Crippen LogP contribution in [0.5, 0.6) is 0 Å². The molecule has 3 aromatic heterocycles. The second-order valence-electron chi connectivity index (χ2n) is 6.71. The fourth-order valence-corrected chi connectivity index (χ4v) is 4.23. The van der Waals surface area contributed by atoms with Crippen LogP contribution in [0.4, 0.5) is 0 Å². The number of thiophene rings is 1. The fourth-order valence-electron chi connectivity index (χ4n) is 3.58. The van der Waals surface area contributed by atoms with E-state index in [0.717, 1.165) is 48.3 Å². The molecule has 0 aromatic carbocycles. The summed E-state index contributed by atoms with van der Waals surface area (Å²) in [5.41, 5.74) is 1.08. The van der Waals surface area contributed by atoms with Crippen molar-refractivity contribution >= 4 is 11.3 Å². The Kier molecular flexibility index (Phi) is 4.99. The summed E-state index contributed by atoms with van der Waals surface area (Å²) in [6, 6.07) is 4.71. The number of piperidine rings is 1. The highest BCUT2D eigenvalue weighted by Gasteiger charge is 2.24. The SMILES string of the molecule is Cc1oc(-c2cccs2)nc1CN1CCCC[C@@H]1CCn1ccnc1. The van der Waals surface area contributed by atoms with Crippen molar-refractivity contribution in [2.75, 3.05) is 6.54 Å². The van der Waals surface area contributed by atoms with Crippen LogP contribution in [0.1, 0.15) is 37.1 Å². The molecule has 25 heavy (non-hydrogen) atoms. The van der Waals surface area contributed by atoms with Crippen molar-refractivity contribution in [1.29, 1.82) is 0 Å². The van der Waals surface area contributed by atoms with E-state index in [1.807, 2.05) is 31.7 Å². The smallest absolute Gasteiger partial charge is 0.236 e. The highest BCUT2D eigenvalue weighted by atomic mass is 32.1. The van der Waals surface area contributed by atoms with E-state index in [-0.39, 0.29) is 0 Å². The summed E-state index contributed by atoms with van der Waals surface area (Å²) in [6.07, 6.45) is 10.8. The second-order valence-corrected chi connectivity index (χ2v) is 7.66. The number of aryl methyl sites for hydroxylation is 2. The summed E-state index contributed by atoms with van der Waals surface area (Å²) in [4.78, 5) is 12.6. The molecule has 1 saturated heterocycles. The third kappa shape index (κ3) is 3.85. The van der Waals surface area contributed by atoms with Gasteiger partial charge in [0.1, 0.15) is 5.76 Å². The normalized spacial score (nSPS) is 18.7. The molecule has 4 heterocycles. The Labute approximate surface area is 152 Å². The van der Waals surface area contributed by atoms with Gasteiger partial charge in [0.25, 0.3) is 0 Å². The minimum Gasteiger partial charge on any atom is -0.440 e. The Morgan fingerprint density at radius 2 is 2.32 bits per heavy atom. The predicted octanol–water partition coefficient (Wildman–Crippen LogP) is 4.35. The van der Waals surface area contributed by atoms with Gasteiger partial charge in [-0.2, -0.15) is 0 Å². The minimum atomic E-state index is 0.609. The Hall–Kier alpha value is -1.92. The lowest BCUT2D eigenvalue weighted by atomic mass is 9.99. The molecular formula is C19H24N4OS. The number of hydrogen-bond donors (Lipinski definition) is 0. The van der Waals surface area contributed by atoms with E-state index in [0.29, 0.717) is 6.04 Å². The Bertz CT molecular complexity index is 779. The van der Waals surface area contributed by atoms with Crippen LogP contribution in [-0.4, -0.2) is 32.0 Å². The van der Waals surface area contributed by atoms with E-state index in [4.69, 9.17) is 9.40 Å². The highest BCUT2D eigenvalue weighted by Crippen LogP contribution is 2.28. The maximum atomic E-state index is 5.91. The first-order valence-corrected chi connectivity index (χ1v) is 9.87. The number of imidazole rings is 1. The van der Waals surface area contributed by atoms with Gasteiger partial charge < -0.3 is 8.98 Å². The third-order valence-corrected chi connectivity index (χ3v) is 5.86. The lowest BCUT2D eigenvalue weighted by molar-refractivity contribution is 0.126. The zero-order valence-electron chi connectivity index (χ0n) is 14.6. The first-order chi connectivity index (χ1) is 12.3. The van der Waals surface area contributed by atoms with Gasteiger partial charge in [0.2, 0.25) is 5.89 Å². The molecule has 0 spiro atoms. The zero-order valence-corrected chi connectivity index (χ0v) is 15.4. The van der Waals surface area contributed by atoms with E-state index in [2.05, 4.69) is 25.9 Å². The summed E-state index contributed by atoms with van der Waals surface area (Å²) < 4.78 is 8.08. The quantitative estimate of drug-likeness (QED) is 0.659. The van der Waals surface area contributed by atoms with E-state index in [1.54, 1.807) is 11.3 Å². The summed E-state index contributed by atoms with van der Waals surface area (Å²) in [5.74, 6) is 1.71. The zero-order chi connectivity index (χ0) is 17.1. The second kappa shape index (κ2) is 7.54. The molecule has 0 bridgehead atoms. The summed E-state index contributed by atoms with van der Waals surface area (Å²) in [6.45, 7) is 5.09. The molecule has 0 aliphatic carbocycles. The van der Waals surface area contributed by atoms with Crippen molar-refractivity contribution in [3.05, 3.63) is 47.7 Å². The number of likely N-dealkylation sites (tertiary alicyclic amines) is 1. The molecule has 1 atom stereocenters. The molecule has 1 aliphatic rings. The molecular weight excluding hydrogens is 332 g/mol. The molecule has 1 fully saturated rings. The maximum absolute atomic E-state index is 5.91. The average Bonchev–Trinajstić information content (AvgIpc) is 3.37. The molecule has 1 aliphatic heterocycles. The first-order valence-electron chi connectivity index (χ1n) is 8.99. The summed E-state index contributed by atoms with van der Waals surface area (Å²) in [5, 5.41) is 2.06. The molecule has 4 rings (SSSR count). The van der Waals surface area contributed by atoms with Crippen molar-refractivity contribution in [2.45, 2.75) is 51.7 Å².